The summed E-state index contributed by atoms with van der Waals surface area (Å²) >= 11 is 5.83. The molecule has 0 aliphatic rings. The van der Waals surface area contributed by atoms with Gasteiger partial charge in [0.1, 0.15) is 0 Å². The summed E-state index contributed by atoms with van der Waals surface area (Å²) < 4.78 is 0. The van der Waals surface area contributed by atoms with E-state index >= 15 is 0 Å². The van der Waals surface area contributed by atoms with Crippen LogP contribution in [0, 0.1) is 13.8 Å². The monoisotopic (exact) mass is 270 g/mol. The van der Waals surface area contributed by atoms with E-state index in [4.69, 9.17) is 11.6 Å². The Balaban J connectivity index is 2.41. The van der Waals surface area contributed by atoms with E-state index in [0.29, 0.717) is 5.88 Å². The third-order valence-corrected chi connectivity index (χ3v) is 3.40. The molecule has 2 aromatic rings. The molecule has 2 aromatic carbocycles. The zero-order chi connectivity index (χ0) is 13.7. The number of halogens is 1. The van der Waals surface area contributed by atoms with Crippen LogP contribution in [-0.4, -0.2) is 5.88 Å². The van der Waals surface area contributed by atoms with Crippen molar-refractivity contribution in [2.24, 2.45) is 0 Å². The summed E-state index contributed by atoms with van der Waals surface area (Å²) in [6, 6.07) is 17.3. The zero-order valence-electron chi connectivity index (χ0n) is 11.5. The van der Waals surface area contributed by atoms with Crippen molar-refractivity contribution < 1.29 is 0 Å². The van der Waals surface area contributed by atoms with Gasteiger partial charge in [-0.1, -0.05) is 65.7 Å². The molecule has 0 N–H and O–H groups in total. The van der Waals surface area contributed by atoms with Crippen LogP contribution in [0.1, 0.15) is 28.7 Å². The fraction of sp³-hybridized carbons (Fsp3) is 0.222. The Kier molecular flexibility index (Phi) is 4.81. The minimum absolute atomic E-state index is 0.654. The molecule has 98 valence electrons. The minimum atomic E-state index is 0.654. The molecule has 1 heteroatoms. The molecule has 0 fully saturated rings. The lowest BCUT2D eigenvalue weighted by Gasteiger charge is -2.09. The van der Waals surface area contributed by atoms with Crippen molar-refractivity contribution in [3.8, 4) is 0 Å². The standard InChI is InChI=1S/C18H19Cl/c1-14-5-9-16(10-6-14)18(4-3-13-19)17-11-7-15(2)8-12-17/h4-12H,3,13H2,1-2H3. The molecule has 0 saturated heterocycles. The maximum absolute atomic E-state index is 5.83. The summed E-state index contributed by atoms with van der Waals surface area (Å²) in [6.45, 7) is 4.22. The van der Waals surface area contributed by atoms with Gasteiger partial charge in [-0.3, -0.25) is 0 Å². The third kappa shape index (κ3) is 3.71. The smallest absolute Gasteiger partial charge is 0.0258 e. The molecule has 0 radical (unpaired) electrons. The quantitative estimate of drug-likeness (QED) is 0.656. The molecule has 0 spiro atoms. The van der Waals surface area contributed by atoms with E-state index in [-0.39, 0.29) is 0 Å². The molecule has 0 saturated carbocycles. The second-order valence-electron chi connectivity index (χ2n) is 4.83. The fourth-order valence-corrected chi connectivity index (χ4v) is 2.18. The Labute approximate surface area is 120 Å². The van der Waals surface area contributed by atoms with Crippen molar-refractivity contribution in [3.05, 3.63) is 76.9 Å². The molecule has 0 bridgehead atoms. The number of alkyl halides is 1. The molecule has 0 aliphatic carbocycles. The van der Waals surface area contributed by atoms with Gasteiger partial charge in [0.05, 0.1) is 0 Å². The van der Waals surface area contributed by atoms with E-state index in [1.54, 1.807) is 0 Å². The summed E-state index contributed by atoms with van der Waals surface area (Å²) in [4.78, 5) is 0. The SMILES string of the molecule is Cc1ccc(C(=CCCCl)c2ccc(C)cc2)cc1. The van der Waals surface area contributed by atoms with E-state index in [1.165, 1.54) is 27.8 Å². The number of benzene rings is 2. The first-order valence-corrected chi connectivity index (χ1v) is 7.14. The van der Waals surface area contributed by atoms with Crippen LogP contribution >= 0.6 is 11.6 Å². The average molecular weight is 271 g/mol. The topological polar surface area (TPSA) is 0 Å². The Morgan fingerprint density at radius 1 is 0.842 bits per heavy atom. The van der Waals surface area contributed by atoms with E-state index in [9.17, 15) is 0 Å². The molecular formula is C18H19Cl. The summed E-state index contributed by atoms with van der Waals surface area (Å²) in [5.41, 5.74) is 6.33. The number of allylic oxidation sites excluding steroid dienone is 1. The Hall–Kier alpha value is -1.53. The van der Waals surface area contributed by atoms with Crippen molar-refractivity contribution in [2.45, 2.75) is 20.3 Å². The van der Waals surface area contributed by atoms with Crippen molar-refractivity contribution in [3.63, 3.8) is 0 Å². The van der Waals surface area contributed by atoms with Gasteiger partial charge in [-0.15, -0.1) is 11.6 Å². The van der Waals surface area contributed by atoms with Crippen LogP contribution in [0.3, 0.4) is 0 Å². The summed E-state index contributed by atoms with van der Waals surface area (Å²) in [5, 5.41) is 0. The Bertz CT molecular complexity index is 500. The van der Waals surface area contributed by atoms with Gasteiger partial charge in [-0.2, -0.15) is 0 Å². The van der Waals surface area contributed by atoms with E-state index < -0.39 is 0 Å². The number of rotatable bonds is 4. The highest BCUT2D eigenvalue weighted by Crippen LogP contribution is 2.24. The first kappa shape index (κ1) is 13.9. The molecule has 0 unspecified atom stereocenters. The summed E-state index contributed by atoms with van der Waals surface area (Å²) in [5.74, 6) is 0.654. The predicted molar refractivity (Wildman–Crippen MR) is 84.8 cm³/mol. The van der Waals surface area contributed by atoms with Crippen molar-refractivity contribution in [1.82, 2.24) is 0 Å². The van der Waals surface area contributed by atoms with Crippen LogP contribution in [-0.2, 0) is 0 Å². The van der Waals surface area contributed by atoms with Gasteiger partial charge >= 0.3 is 0 Å². The summed E-state index contributed by atoms with van der Waals surface area (Å²) in [6.07, 6.45) is 3.11. The highest BCUT2D eigenvalue weighted by Gasteiger charge is 2.04. The van der Waals surface area contributed by atoms with Gasteiger partial charge in [0.25, 0.3) is 0 Å². The molecule has 0 heterocycles. The second-order valence-corrected chi connectivity index (χ2v) is 5.21. The van der Waals surface area contributed by atoms with Crippen molar-refractivity contribution in [1.29, 1.82) is 0 Å². The first-order chi connectivity index (χ1) is 9.20. The van der Waals surface area contributed by atoms with Crippen molar-refractivity contribution >= 4 is 17.2 Å². The van der Waals surface area contributed by atoms with Crippen LogP contribution in [0.4, 0.5) is 0 Å². The molecule has 0 aromatic heterocycles. The predicted octanol–water partition coefficient (Wildman–Crippen LogP) is 5.36. The first-order valence-electron chi connectivity index (χ1n) is 6.61. The van der Waals surface area contributed by atoms with Gasteiger partial charge in [-0.05, 0) is 37.0 Å². The number of aryl methyl sites for hydroxylation is 2. The maximum Gasteiger partial charge on any atom is 0.0258 e. The average Bonchev–Trinajstić information content (AvgIpc) is 2.43. The highest BCUT2D eigenvalue weighted by molar-refractivity contribution is 6.18. The van der Waals surface area contributed by atoms with Gasteiger partial charge in [-0.25, -0.2) is 0 Å². The summed E-state index contributed by atoms with van der Waals surface area (Å²) in [7, 11) is 0. The highest BCUT2D eigenvalue weighted by atomic mass is 35.5. The van der Waals surface area contributed by atoms with Crippen molar-refractivity contribution in [2.75, 3.05) is 5.88 Å². The molecule has 19 heavy (non-hydrogen) atoms. The molecule has 0 aliphatic heterocycles. The minimum Gasteiger partial charge on any atom is -0.126 e. The van der Waals surface area contributed by atoms with Crippen LogP contribution in [0.25, 0.3) is 5.57 Å². The fourth-order valence-electron chi connectivity index (χ4n) is 2.07. The largest absolute Gasteiger partial charge is 0.126 e. The molecule has 0 amide bonds. The lowest BCUT2D eigenvalue weighted by molar-refractivity contribution is 1.23. The van der Waals surface area contributed by atoms with Gasteiger partial charge in [0.15, 0.2) is 0 Å². The normalized spacial score (nSPS) is 10.3. The third-order valence-electron chi connectivity index (χ3n) is 3.18. The van der Waals surface area contributed by atoms with Crippen LogP contribution in [0.2, 0.25) is 0 Å². The number of hydrogen-bond acceptors (Lipinski definition) is 0. The maximum atomic E-state index is 5.83. The number of hydrogen-bond donors (Lipinski definition) is 0. The Morgan fingerprint density at radius 3 is 1.63 bits per heavy atom. The van der Waals surface area contributed by atoms with Crippen LogP contribution in [0.5, 0.6) is 0 Å². The lowest BCUT2D eigenvalue weighted by Crippen LogP contribution is -1.89. The van der Waals surface area contributed by atoms with Crippen LogP contribution in [0.15, 0.2) is 54.6 Å². The second kappa shape index (κ2) is 6.58. The molecular weight excluding hydrogens is 252 g/mol. The van der Waals surface area contributed by atoms with E-state index in [1.807, 2.05) is 0 Å². The lowest BCUT2D eigenvalue weighted by atomic mass is 9.95. The Morgan fingerprint density at radius 2 is 1.26 bits per heavy atom. The van der Waals surface area contributed by atoms with Gasteiger partial charge < -0.3 is 0 Å². The van der Waals surface area contributed by atoms with Gasteiger partial charge in [0, 0.05) is 5.88 Å². The zero-order valence-corrected chi connectivity index (χ0v) is 12.2. The van der Waals surface area contributed by atoms with E-state index in [2.05, 4.69) is 68.5 Å². The molecule has 0 nitrogen and oxygen atoms in total. The van der Waals surface area contributed by atoms with Gasteiger partial charge in [0.2, 0.25) is 0 Å². The van der Waals surface area contributed by atoms with E-state index in [0.717, 1.165) is 6.42 Å². The molecule has 0 atom stereocenters. The van der Waals surface area contributed by atoms with Crippen LogP contribution < -0.4 is 0 Å². The molecule has 2 rings (SSSR count).